The van der Waals surface area contributed by atoms with Gasteiger partial charge in [-0.05, 0) is 50.8 Å². The first-order valence-electron chi connectivity index (χ1n) is 11.5. The van der Waals surface area contributed by atoms with Crippen LogP contribution in [0, 0.1) is 12.7 Å². The van der Waals surface area contributed by atoms with Crippen molar-refractivity contribution in [2.24, 2.45) is 11.6 Å². The topological polar surface area (TPSA) is 107 Å². The summed E-state index contributed by atoms with van der Waals surface area (Å²) in [4.78, 5) is 18.3. The van der Waals surface area contributed by atoms with E-state index in [1.807, 2.05) is 13.0 Å². The third-order valence-electron chi connectivity index (χ3n) is 5.91. The molecular formula is C25H34FN5O3. The number of amides is 1. The van der Waals surface area contributed by atoms with Gasteiger partial charge in [0.2, 0.25) is 0 Å². The first-order valence-corrected chi connectivity index (χ1v) is 11.5. The van der Waals surface area contributed by atoms with Crippen LogP contribution in [0.25, 0.3) is 5.70 Å². The molecule has 8 nitrogen and oxygen atoms in total. The number of benzene rings is 1. The average molecular weight is 472 g/mol. The molecule has 2 aromatic rings. The largest absolute Gasteiger partial charge is 0.489 e. The predicted octanol–water partition coefficient (Wildman–Crippen LogP) is 3.94. The van der Waals surface area contributed by atoms with Gasteiger partial charge < -0.3 is 25.1 Å². The Morgan fingerprint density at radius 3 is 2.50 bits per heavy atom. The predicted molar refractivity (Wildman–Crippen MR) is 129 cm³/mol. The van der Waals surface area contributed by atoms with Gasteiger partial charge in [-0.2, -0.15) is 0 Å². The molecule has 1 fully saturated rings. The molecule has 1 aliphatic carbocycles. The Bertz CT molecular complexity index is 1020. The van der Waals surface area contributed by atoms with Gasteiger partial charge in [0.05, 0.1) is 35.4 Å². The van der Waals surface area contributed by atoms with Gasteiger partial charge in [-0.1, -0.05) is 24.6 Å². The van der Waals surface area contributed by atoms with E-state index in [9.17, 15) is 9.18 Å². The molecule has 3 rings (SSSR count). The van der Waals surface area contributed by atoms with E-state index in [0.29, 0.717) is 22.7 Å². The van der Waals surface area contributed by atoms with Gasteiger partial charge in [-0.15, -0.1) is 0 Å². The molecule has 4 N–H and O–H groups in total. The molecule has 0 bridgehead atoms. The Kier molecular flexibility index (Phi) is 8.70. The zero-order valence-electron chi connectivity index (χ0n) is 20.1. The minimum atomic E-state index is -0.629. The molecule has 0 saturated heterocycles. The number of hydrazine groups is 1. The Balaban J connectivity index is 1.67. The molecule has 0 atom stereocenters. The molecular weight excluding hydrogens is 437 g/mol. The van der Waals surface area contributed by atoms with Gasteiger partial charge >= 0.3 is 6.09 Å². The molecule has 1 aliphatic rings. The Labute approximate surface area is 200 Å². The maximum Gasteiger partial charge on any atom is 0.410 e. The normalized spacial score (nSPS) is 14.9. The van der Waals surface area contributed by atoms with E-state index >= 15 is 0 Å². The van der Waals surface area contributed by atoms with E-state index in [1.54, 1.807) is 31.3 Å². The van der Waals surface area contributed by atoms with Gasteiger partial charge in [-0.3, -0.25) is 0 Å². The van der Waals surface area contributed by atoms with E-state index in [-0.39, 0.29) is 25.1 Å². The van der Waals surface area contributed by atoms with Gasteiger partial charge in [-0.25, -0.2) is 20.0 Å². The SMILES string of the molecule is Cc1nc(/C(N)=C(\COC(=O)N(C)Cc2ccccc2F)N(C)N)ccc1OC1CCCCC1. The molecule has 0 aliphatic heterocycles. The van der Waals surface area contributed by atoms with Crippen LogP contribution in [0.1, 0.15) is 49.1 Å². The van der Waals surface area contributed by atoms with Crippen LogP contribution in [0.2, 0.25) is 0 Å². The molecule has 0 spiro atoms. The number of hydrogen-bond donors (Lipinski definition) is 2. The maximum atomic E-state index is 13.9. The molecule has 0 radical (unpaired) electrons. The van der Waals surface area contributed by atoms with E-state index in [1.165, 1.54) is 42.3 Å². The van der Waals surface area contributed by atoms with Gasteiger partial charge in [0.1, 0.15) is 18.2 Å². The molecule has 0 unspecified atom stereocenters. The second-order valence-corrected chi connectivity index (χ2v) is 8.63. The van der Waals surface area contributed by atoms with E-state index < -0.39 is 6.09 Å². The van der Waals surface area contributed by atoms with Crippen molar-refractivity contribution in [3.8, 4) is 5.75 Å². The summed E-state index contributed by atoms with van der Waals surface area (Å²) in [5.74, 6) is 6.32. The third kappa shape index (κ3) is 6.60. The zero-order chi connectivity index (χ0) is 24.7. The number of nitrogens with zero attached hydrogens (tertiary/aromatic N) is 3. The molecule has 1 aromatic heterocycles. The molecule has 184 valence electrons. The molecule has 34 heavy (non-hydrogen) atoms. The smallest absolute Gasteiger partial charge is 0.410 e. The highest BCUT2D eigenvalue weighted by molar-refractivity contribution is 5.68. The first-order chi connectivity index (χ1) is 16.3. The number of halogens is 1. The van der Waals surface area contributed by atoms with Gasteiger partial charge in [0.25, 0.3) is 0 Å². The highest BCUT2D eigenvalue weighted by atomic mass is 19.1. The van der Waals surface area contributed by atoms with Crippen LogP contribution in [0.5, 0.6) is 5.75 Å². The van der Waals surface area contributed by atoms with Crippen molar-refractivity contribution >= 4 is 11.8 Å². The number of hydrogen-bond acceptors (Lipinski definition) is 7. The number of carbonyl (C=O) groups excluding carboxylic acids is 1. The monoisotopic (exact) mass is 471 g/mol. The second-order valence-electron chi connectivity index (χ2n) is 8.63. The number of likely N-dealkylation sites (N-methyl/N-ethyl adjacent to an activating group) is 1. The van der Waals surface area contributed by atoms with Crippen molar-refractivity contribution in [1.82, 2.24) is 14.9 Å². The summed E-state index contributed by atoms with van der Waals surface area (Å²) in [6.07, 6.45) is 5.34. The standard InChI is InChI=1S/C25H34FN5O3/c1-17-23(34-19-10-5-4-6-11-19)14-13-21(29-17)24(27)22(31(3)28)16-33-25(32)30(2)15-18-9-7-8-12-20(18)26/h7-9,12-14,19H,4-6,10-11,15-16,27-28H2,1-3H3/b24-22-. The van der Waals surface area contributed by atoms with Crippen molar-refractivity contribution in [3.05, 3.63) is 64.9 Å². The zero-order valence-corrected chi connectivity index (χ0v) is 20.1. The van der Waals surface area contributed by atoms with Crippen LogP contribution in [0.4, 0.5) is 9.18 Å². The number of nitrogens with two attached hydrogens (primary N) is 2. The lowest BCUT2D eigenvalue weighted by molar-refractivity contribution is 0.111. The summed E-state index contributed by atoms with van der Waals surface area (Å²) in [7, 11) is 3.14. The quantitative estimate of drug-likeness (QED) is 0.444. The van der Waals surface area contributed by atoms with Crippen LogP contribution >= 0.6 is 0 Å². The van der Waals surface area contributed by atoms with Crippen LogP contribution in [0.15, 0.2) is 42.1 Å². The van der Waals surface area contributed by atoms with Crippen LogP contribution in [-0.2, 0) is 11.3 Å². The molecule has 1 saturated carbocycles. The summed E-state index contributed by atoms with van der Waals surface area (Å²) in [6.45, 7) is 1.78. The molecule has 1 aromatic carbocycles. The summed E-state index contributed by atoms with van der Waals surface area (Å²) < 4.78 is 25.4. The highest BCUT2D eigenvalue weighted by Gasteiger charge is 2.19. The third-order valence-corrected chi connectivity index (χ3v) is 5.91. The number of pyridine rings is 1. The van der Waals surface area contributed by atoms with Crippen molar-refractivity contribution in [1.29, 1.82) is 0 Å². The second kappa shape index (κ2) is 11.7. The van der Waals surface area contributed by atoms with E-state index in [2.05, 4.69) is 4.98 Å². The lowest BCUT2D eigenvalue weighted by atomic mass is 9.98. The number of aryl methyl sites for hydroxylation is 1. The van der Waals surface area contributed by atoms with Crippen LogP contribution in [0.3, 0.4) is 0 Å². The fourth-order valence-electron chi connectivity index (χ4n) is 3.89. The number of ether oxygens (including phenoxy) is 2. The minimum absolute atomic E-state index is 0.0711. The number of aromatic nitrogens is 1. The highest BCUT2D eigenvalue weighted by Crippen LogP contribution is 2.26. The fraction of sp³-hybridized carbons (Fsp3) is 0.440. The van der Waals surface area contributed by atoms with Crippen molar-refractivity contribution < 1.29 is 18.7 Å². The van der Waals surface area contributed by atoms with E-state index in [0.717, 1.165) is 24.3 Å². The molecule has 9 heteroatoms. The van der Waals surface area contributed by atoms with Crippen molar-refractivity contribution in [3.63, 3.8) is 0 Å². The Morgan fingerprint density at radius 2 is 1.85 bits per heavy atom. The summed E-state index contributed by atoms with van der Waals surface area (Å²) in [6, 6.07) is 9.91. The van der Waals surface area contributed by atoms with Crippen LogP contribution in [-0.4, -0.2) is 47.8 Å². The fourth-order valence-corrected chi connectivity index (χ4v) is 3.89. The average Bonchev–Trinajstić information content (AvgIpc) is 2.82. The van der Waals surface area contributed by atoms with Crippen molar-refractivity contribution in [2.75, 3.05) is 20.7 Å². The van der Waals surface area contributed by atoms with E-state index in [4.69, 9.17) is 21.1 Å². The summed E-state index contributed by atoms with van der Waals surface area (Å²) >= 11 is 0. The number of rotatable bonds is 8. The van der Waals surface area contributed by atoms with Crippen molar-refractivity contribution in [2.45, 2.75) is 51.7 Å². The van der Waals surface area contributed by atoms with Gasteiger partial charge in [0.15, 0.2) is 0 Å². The molecule has 1 amide bonds. The summed E-state index contributed by atoms with van der Waals surface area (Å²) in [5.41, 5.74) is 8.66. The first kappa shape index (κ1) is 25.3. The summed E-state index contributed by atoms with van der Waals surface area (Å²) in [5, 5.41) is 1.29. The maximum absolute atomic E-state index is 13.9. The lowest BCUT2D eigenvalue weighted by Crippen LogP contribution is -2.33. The Morgan fingerprint density at radius 1 is 1.15 bits per heavy atom. The Hall–Kier alpha value is -3.33. The molecule has 1 heterocycles. The number of carbonyl (C=O) groups is 1. The minimum Gasteiger partial charge on any atom is -0.489 e. The lowest BCUT2D eigenvalue weighted by Gasteiger charge is -2.24. The van der Waals surface area contributed by atoms with Crippen LogP contribution < -0.4 is 16.3 Å². The van der Waals surface area contributed by atoms with Gasteiger partial charge in [0, 0.05) is 19.7 Å².